The average Bonchev–Trinajstić information content (AvgIpc) is 3.03. The SMILES string of the molecule is C[C@H]1CN(C(c2ccccc2)(c2ccccc2)c2ccccc2)C[C@H](n2ccc(NC(=O)c3ccccc3)nc2=O)O1. The van der Waals surface area contributed by atoms with E-state index in [1.165, 1.54) is 4.57 Å². The lowest BCUT2D eigenvalue weighted by atomic mass is 9.75. The number of ether oxygens (including phenoxy) is 1. The van der Waals surface area contributed by atoms with Crippen molar-refractivity contribution in [2.75, 3.05) is 18.4 Å². The minimum absolute atomic E-state index is 0.177. The van der Waals surface area contributed by atoms with Gasteiger partial charge in [0.05, 0.1) is 11.6 Å². The Bertz CT molecular complexity index is 1600. The number of nitrogens with one attached hydrogen (secondary N) is 1. The molecule has 1 N–H and O–H groups in total. The zero-order valence-corrected chi connectivity index (χ0v) is 23.3. The molecule has 42 heavy (non-hydrogen) atoms. The van der Waals surface area contributed by atoms with Crippen LogP contribution in [0.15, 0.2) is 138 Å². The van der Waals surface area contributed by atoms with Gasteiger partial charge in [-0.15, -0.1) is 0 Å². The number of amides is 1. The van der Waals surface area contributed by atoms with E-state index >= 15 is 0 Å². The van der Waals surface area contributed by atoms with Crippen LogP contribution in [0.1, 0.15) is 40.2 Å². The fourth-order valence-electron chi connectivity index (χ4n) is 5.92. The Balaban J connectivity index is 1.39. The first-order chi connectivity index (χ1) is 20.6. The normalized spacial score (nSPS) is 17.5. The Kier molecular flexibility index (Phi) is 7.77. The number of anilines is 1. The second-order valence-electron chi connectivity index (χ2n) is 10.4. The van der Waals surface area contributed by atoms with Gasteiger partial charge in [0.25, 0.3) is 5.91 Å². The van der Waals surface area contributed by atoms with E-state index in [1.807, 2.05) is 31.2 Å². The monoisotopic (exact) mass is 556 g/mol. The molecule has 0 aliphatic carbocycles. The molecule has 1 aromatic heterocycles. The smallest absolute Gasteiger partial charge is 0.351 e. The van der Waals surface area contributed by atoms with Crippen molar-refractivity contribution in [3.8, 4) is 0 Å². The van der Waals surface area contributed by atoms with Gasteiger partial charge in [0, 0.05) is 24.8 Å². The summed E-state index contributed by atoms with van der Waals surface area (Å²) in [5, 5.41) is 2.72. The Labute approximate surface area is 245 Å². The summed E-state index contributed by atoms with van der Waals surface area (Å²) < 4.78 is 7.88. The molecule has 0 radical (unpaired) electrons. The van der Waals surface area contributed by atoms with E-state index in [0.29, 0.717) is 18.7 Å². The van der Waals surface area contributed by atoms with Gasteiger partial charge in [0.1, 0.15) is 5.82 Å². The van der Waals surface area contributed by atoms with Crippen LogP contribution in [0, 0.1) is 0 Å². The molecular weight excluding hydrogens is 524 g/mol. The Morgan fingerprint density at radius 2 is 1.26 bits per heavy atom. The van der Waals surface area contributed by atoms with E-state index in [9.17, 15) is 9.59 Å². The van der Waals surface area contributed by atoms with Crippen LogP contribution in [0.3, 0.4) is 0 Å². The summed E-state index contributed by atoms with van der Waals surface area (Å²) in [6.07, 6.45) is 0.873. The third-order valence-corrected chi connectivity index (χ3v) is 7.71. The van der Waals surface area contributed by atoms with Gasteiger partial charge in [-0.3, -0.25) is 14.3 Å². The first-order valence-corrected chi connectivity index (χ1v) is 14.1. The fourth-order valence-corrected chi connectivity index (χ4v) is 5.92. The van der Waals surface area contributed by atoms with Gasteiger partial charge in [0.15, 0.2) is 6.23 Å². The molecule has 1 saturated heterocycles. The van der Waals surface area contributed by atoms with E-state index in [2.05, 4.69) is 88.0 Å². The number of benzene rings is 4. The first-order valence-electron chi connectivity index (χ1n) is 14.1. The van der Waals surface area contributed by atoms with Crippen molar-refractivity contribution in [3.05, 3.63) is 166 Å². The molecule has 7 nitrogen and oxygen atoms in total. The van der Waals surface area contributed by atoms with Crippen LogP contribution in [0.2, 0.25) is 0 Å². The predicted octanol–water partition coefficient (Wildman–Crippen LogP) is 5.71. The summed E-state index contributed by atoms with van der Waals surface area (Å²) in [5.41, 5.74) is 2.73. The Hall–Kier alpha value is -4.85. The van der Waals surface area contributed by atoms with Crippen molar-refractivity contribution >= 4 is 11.7 Å². The number of carbonyl (C=O) groups is 1. The van der Waals surface area contributed by atoms with Gasteiger partial charge >= 0.3 is 5.69 Å². The Morgan fingerprint density at radius 3 is 1.76 bits per heavy atom. The molecule has 1 aliphatic heterocycles. The average molecular weight is 557 g/mol. The number of aromatic nitrogens is 2. The standard InChI is InChI=1S/C35H32N4O3/c1-26-24-38(25-32(42-26)39-23-22-31(37-34(39)41)36-33(40)27-14-6-2-7-15-27)35(28-16-8-3-9-17-28,29-18-10-4-11-19-29)30-20-12-5-13-21-30/h2-23,26,32H,24-25H2,1H3,(H,36,37,40,41)/t26-,32+/m0/s1. The highest BCUT2D eigenvalue weighted by molar-refractivity contribution is 6.03. The zero-order chi connectivity index (χ0) is 28.9. The summed E-state index contributed by atoms with van der Waals surface area (Å²) in [6, 6.07) is 41.9. The van der Waals surface area contributed by atoms with E-state index in [0.717, 1.165) is 16.7 Å². The molecule has 210 valence electrons. The number of carbonyl (C=O) groups excluding carboxylic acids is 1. The maximum absolute atomic E-state index is 13.3. The minimum atomic E-state index is -0.638. The van der Waals surface area contributed by atoms with Gasteiger partial charge in [-0.25, -0.2) is 4.79 Å². The number of nitrogens with zero attached hydrogens (tertiary/aromatic N) is 3. The van der Waals surface area contributed by atoms with Crippen LogP contribution in [-0.2, 0) is 10.3 Å². The number of rotatable bonds is 7. The molecule has 6 rings (SSSR count). The van der Waals surface area contributed by atoms with E-state index in [1.54, 1.807) is 36.5 Å². The largest absolute Gasteiger partial charge is 0.352 e. The van der Waals surface area contributed by atoms with Gasteiger partial charge in [-0.05, 0) is 41.8 Å². The van der Waals surface area contributed by atoms with Gasteiger partial charge in [-0.1, -0.05) is 109 Å². The second-order valence-corrected chi connectivity index (χ2v) is 10.4. The molecule has 1 fully saturated rings. The highest BCUT2D eigenvalue weighted by Gasteiger charge is 2.45. The van der Waals surface area contributed by atoms with Crippen LogP contribution in [0.5, 0.6) is 0 Å². The van der Waals surface area contributed by atoms with Crippen LogP contribution in [0.25, 0.3) is 0 Å². The van der Waals surface area contributed by atoms with E-state index in [-0.39, 0.29) is 17.8 Å². The van der Waals surface area contributed by atoms with Crippen molar-refractivity contribution in [2.45, 2.75) is 24.8 Å². The first kappa shape index (κ1) is 27.3. The van der Waals surface area contributed by atoms with Crippen molar-refractivity contribution in [2.24, 2.45) is 0 Å². The van der Waals surface area contributed by atoms with Crippen LogP contribution in [-0.4, -0.2) is 39.6 Å². The third-order valence-electron chi connectivity index (χ3n) is 7.71. The third kappa shape index (κ3) is 5.28. The maximum Gasteiger partial charge on any atom is 0.351 e. The second kappa shape index (κ2) is 11.9. The van der Waals surface area contributed by atoms with Crippen molar-refractivity contribution in [1.82, 2.24) is 14.5 Å². The zero-order valence-electron chi connectivity index (χ0n) is 23.3. The molecule has 7 heteroatoms. The van der Waals surface area contributed by atoms with E-state index in [4.69, 9.17) is 4.74 Å². The van der Waals surface area contributed by atoms with Crippen LogP contribution < -0.4 is 11.0 Å². The lowest BCUT2D eigenvalue weighted by Crippen LogP contribution is -2.56. The number of hydrogen-bond acceptors (Lipinski definition) is 5. The molecule has 2 atom stereocenters. The molecule has 0 unspecified atom stereocenters. The summed E-state index contributed by atoms with van der Waals surface area (Å²) in [7, 11) is 0. The number of morpholine rings is 1. The molecule has 0 spiro atoms. The van der Waals surface area contributed by atoms with Gasteiger partial charge in [-0.2, -0.15) is 4.98 Å². The highest BCUT2D eigenvalue weighted by Crippen LogP contribution is 2.44. The molecule has 5 aromatic rings. The molecular formula is C35H32N4O3. The van der Waals surface area contributed by atoms with Crippen molar-refractivity contribution in [1.29, 1.82) is 0 Å². The lowest BCUT2D eigenvalue weighted by Gasteiger charge is -2.50. The molecule has 4 aromatic carbocycles. The highest BCUT2D eigenvalue weighted by atomic mass is 16.5. The van der Waals surface area contributed by atoms with Crippen LogP contribution in [0.4, 0.5) is 5.82 Å². The quantitative estimate of drug-likeness (QED) is 0.260. The van der Waals surface area contributed by atoms with Crippen molar-refractivity contribution in [3.63, 3.8) is 0 Å². The summed E-state index contributed by atoms with van der Waals surface area (Å²) >= 11 is 0. The molecule has 0 saturated carbocycles. The molecule has 1 amide bonds. The van der Waals surface area contributed by atoms with Crippen LogP contribution >= 0.6 is 0 Å². The minimum Gasteiger partial charge on any atom is -0.352 e. The topological polar surface area (TPSA) is 76.5 Å². The Morgan fingerprint density at radius 1 is 0.762 bits per heavy atom. The van der Waals surface area contributed by atoms with E-state index < -0.39 is 17.5 Å². The lowest BCUT2D eigenvalue weighted by molar-refractivity contribution is -0.131. The molecule has 1 aliphatic rings. The number of hydrogen-bond donors (Lipinski definition) is 1. The maximum atomic E-state index is 13.3. The predicted molar refractivity (Wildman–Crippen MR) is 163 cm³/mol. The van der Waals surface area contributed by atoms with Gasteiger partial charge in [0.2, 0.25) is 0 Å². The fraction of sp³-hybridized carbons (Fsp3) is 0.171. The van der Waals surface area contributed by atoms with Gasteiger partial charge < -0.3 is 10.1 Å². The molecule has 0 bridgehead atoms. The van der Waals surface area contributed by atoms with Crippen molar-refractivity contribution < 1.29 is 9.53 Å². The molecule has 2 heterocycles. The summed E-state index contributed by atoms with van der Waals surface area (Å²) in [5.74, 6) is -0.134. The summed E-state index contributed by atoms with van der Waals surface area (Å²) in [6.45, 7) is 3.10. The summed E-state index contributed by atoms with van der Waals surface area (Å²) in [4.78, 5) is 32.5.